The van der Waals surface area contributed by atoms with Crippen LogP contribution in [0, 0.1) is 0 Å². The van der Waals surface area contributed by atoms with E-state index in [4.69, 9.17) is 14.6 Å². The lowest BCUT2D eigenvalue weighted by atomic mass is 9.92. The van der Waals surface area contributed by atoms with Crippen LogP contribution >= 0.6 is 0 Å². The molecule has 0 saturated carbocycles. The Bertz CT molecular complexity index is 1260. The van der Waals surface area contributed by atoms with Gasteiger partial charge in [0.25, 0.3) is 5.91 Å². The zero-order valence-corrected chi connectivity index (χ0v) is 20.4. The van der Waals surface area contributed by atoms with Crippen LogP contribution < -0.4 is 15.0 Å². The molecule has 38 heavy (non-hydrogen) atoms. The van der Waals surface area contributed by atoms with E-state index >= 15 is 0 Å². The number of anilines is 1. The molecule has 2 atom stereocenters. The molecular formula is C24H28F3N7O4. The van der Waals surface area contributed by atoms with Crippen molar-refractivity contribution >= 4 is 22.8 Å². The number of carbonyl (C=O) groups is 1. The van der Waals surface area contributed by atoms with Crippen LogP contribution in [0.2, 0.25) is 0 Å². The van der Waals surface area contributed by atoms with Crippen LogP contribution in [0.1, 0.15) is 47.8 Å². The molecule has 2 fully saturated rings. The Labute approximate surface area is 215 Å². The van der Waals surface area contributed by atoms with Crippen LogP contribution in [0.15, 0.2) is 24.4 Å². The van der Waals surface area contributed by atoms with E-state index in [0.717, 1.165) is 42.4 Å². The number of nitrogens with zero attached hydrogens (tertiary/aromatic N) is 5. The van der Waals surface area contributed by atoms with E-state index in [-0.39, 0.29) is 30.3 Å². The van der Waals surface area contributed by atoms with Gasteiger partial charge in [0.05, 0.1) is 18.4 Å². The molecular weight excluding hydrogens is 507 g/mol. The molecule has 0 aromatic carbocycles. The first kappa shape index (κ1) is 26.1. The number of carbonyl (C=O) groups excluding carboxylic acids is 1. The zero-order chi connectivity index (χ0) is 26.7. The number of alkyl halides is 3. The topological polar surface area (TPSA) is 138 Å². The fourth-order valence-corrected chi connectivity index (χ4v) is 4.73. The first-order chi connectivity index (χ1) is 18.3. The van der Waals surface area contributed by atoms with Gasteiger partial charge in [-0.05, 0) is 37.8 Å². The number of amides is 1. The standard InChI is InChI=1S/C24H28F3N7O4/c25-24(26,27)18(12-35)30-22(36)17-11-19(31-23(29-17)38-13-15-3-2-10-37-15)34-8-5-14(6-9-34)20-16-4-1-7-28-21(16)33-32-20/h1,4,7,11,14-15,18,35H,2-3,5-6,8-10,12-13H2,(H,30,36)(H,28,32,33)/t15-,18-/m1/s1. The molecule has 3 N–H and O–H groups in total. The van der Waals surface area contributed by atoms with Gasteiger partial charge in [0, 0.05) is 43.3 Å². The van der Waals surface area contributed by atoms with Crippen molar-refractivity contribution in [2.45, 2.75) is 49.9 Å². The summed E-state index contributed by atoms with van der Waals surface area (Å²) in [6.45, 7) is 0.642. The average molecular weight is 536 g/mol. The number of rotatable bonds is 8. The quantitative estimate of drug-likeness (QED) is 0.397. The van der Waals surface area contributed by atoms with Crippen LogP contribution in [-0.2, 0) is 4.74 Å². The number of piperidine rings is 1. The summed E-state index contributed by atoms with van der Waals surface area (Å²) < 4.78 is 50.6. The van der Waals surface area contributed by atoms with E-state index in [1.807, 2.05) is 17.0 Å². The number of hydrogen-bond acceptors (Lipinski definition) is 9. The minimum Gasteiger partial charge on any atom is -0.461 e. The van der Waals surface area contributed by atoms with Crippen LogP contribution in [0.3, 0.4) is 0 Å². The average Bonchev–Trinajstić information content (AvgIpc) is 3.60. The third-order valence-electron chi connectivity index (χ3n) is 6.80. The highest BCUT2D eigenvalue weighted by atomic mass is 19.4. The number of aromatic amines is 1. The van der Waals surface area contributed by atoms with E-state index in [2.05, 4.69) is 25.1 Å². The molecule has 11 nitrogen and oxygen atoms in total. The Morgan fingerprint density at radius 1 is 1.29 bits per heavy atom. The number of aromatic nitrogens is 5. The molecule has 0 spiro atoms. The summed E-state index contributed by atoms with van der Waals surface area (Å²) in [7, 11) is 0. The van der Waals surface area contributed by atoms with Crippen molar-refractivity contribution in [1.82, 2.24) is 30.5 Å². The van der Waals surface area contributed by atoms with Gasteiger partial charge in [-0.15, -0.1) is 0 Å². The molecule has 3 aromatic rings. The fraction of sp³-hybridized carbons (Fsp3) is 0.542. The second kappa shape index (κ2) is 11.1. The third kappa shape index (κ3) is 5.80. The number of fused-ring (bicyclic) bond motifs is 1. The van der Waals surface area contributed by atoms with Crippen molar-refractivity contribution in [3.05, 3.63) is 35.8 Å². The highest BCUT2D eigenvalue weighted by Gasteiger charge is 2.40. The summed E-state index contributed by atoms with van der Waals surface area (Å²) >= 11 is 0. The summed E-state index contributed by atoms with van der Waals surface area (Å²) in [5.41, 5.74) is 1.38. The van der Waals surface area contributed by atoms with Gasteiger partial charge in [-0.25, -0.2) is 4.98 Å². The molecule has 5 heterocycles. The van der Waals surface area contributed by atoms with Gasteiger partial charge in [0.2, 0.25) is 0 Å². The lowest BCUT2D eigenvalue weighted by Crippen LogP contribution is -2.48. The van der Waals surface area contributed by atoms with E-state index in [1.165, 1.54) is 6.07 Å². The van der Waals surface area contributed by atoms with Crippen LogP contribution in [0.25, 0.3) is 11.0 Å². The highest BCUT2D eigenvalue weighted by molar-refractivity contribution is 5.93. The minimum absolute atomic E-state index is 0.123. The maximum atomic E-state index is 13.1. The lowest BCUT2D eigenvalue weighted by Gasteiger charge is -2.32. The Hall–Kier alpha value is -3.52. The molecule has 3 aromatic heterocycles. The second-order valence-electron chi connectivity index (χ2n) is 9.36. The number of ether oxygens (including phenoxy) is 2. The molecule has 2 aliphatic heterocycles. The third-order valence-corrected chi connectivity index (χ3v) is 6.80. The Morgan fingerprint density at radius 2 is 2.11 bits per heavy atom. The van der Waals surface area contributed by atoms with Crippen LogP contribution in [0.5, 0.6) is 6.01 Å². The van der Waals surface area contributed by atoms with E-state index < -0.39 is 24.7 Å². The van der Waals surface area contributed by atoms with Crippen molar-refractivity contribution in [1.29, 1.82) is 0 Å². The largest absolute Gasteiger partial charge is 0.461 e. The van der Waals surface area contributed by atoms with Gasteiger partial charge in [-0.3, -0.25) is 9.89 Å². The molecule has 1 amide bonds. The number of aliphatic hydroxyl groups is 1. The number of hydrogen-bond donors (Lipinski definition) is 3. The maximum absolute atomic E-state index is 13.1. The molecule has 204 valence electrons. The molecule has 0 aliphatic carbocycles. The zero-order valence-electron chi connectivity index (χ0n) is 20.4. The molecule has 0 unspecified atom stereocenters. The lowest BCUT2D eigenvalue weighted by molar-refractivity contribution is -0.161. The number of H-pyrrole nitrogens is 1. The Balaban J connectivity index is 1.33. The normalized spacial score (nSPS) is 19.6. The molecule has 0 bridgehead atoms. The summed E-state index contributed by atoms with van der Waals surface area (Å²) in [5, 5.41) is 19.3. The van der Waals surface area contributed by atoms with E-state index in [1.54, 1.807) is 11.5 Å². The Kier molecular flexibility index (Phi) is 7.61. The minimum atomic E-state index is -4.81. The summed E-state index contributed by atoms with van der Waals surface area (Å²) in [4.78, 5) is 27.4. The number of nitrogens with one attached hydrogen (secondary N) is 2. The van der Waals surface area contributed by atoms with Crippen molar-refractivity contribution in [3.8, 4) is 6.01 Å². The van der Waals surface area contributed by atoms with Gasteiger partial charge in [0.1, 0.15) is 24.2 Å². The van der Waals surface area contributed by atoms with E-state index in [0.29, 0.717) is 25.5 Å². The number of halogens is 3. The Morgan fingerprint density at radius 3 is 2.82 bits per heavy atom. The van der Waals surface area contributed by atoms with Crippen LogP contribution in [-0.4, -0.2) is 87.4 Å². The van der Waals surface area contributed by atoms with Crippen molar-refractivity contribution in [3.63, 3.8) is 0 Å². The molecule has 2 aliphatic rings. The van der Waals surface area contributed by atoms with Gasteiger partial charge >= 0.3 is 12.2 Å². The first-order valence-electron chi connectivity index (χ1n) is 12.5. The second-order valence-corrected chi connectivity index (χ2v) is 9.36. The maximum Gasteiger partial charge on any atom is 0.410 e. The van der Waals surface area contributed by atoms with Gasteiger partial charge < -0.3 is 24.8 Å². The molecule has 0 radical (unpaired) electrons. The highest BCUT2D eigenvalue weighted by Crippen LogP contribution is 2.33. The smallest absolute Gasteiger partial charge is 0.410 e. The number of aliphatic hydroxyl groups excluding tert-OH is 1. The van der Waals surface area contributed by atoms with Gasteiger partial charge in [-0.2, -0.15) is 28.2 Å². The van der Waals surface area contributed by atoms with Gasteiger partial charge in [-0.1, -0.05) is 0 Å². The van der Waals surface area contributed by atoms with Crippen molar-refractivity contribution in [2.75, 3.05) is 37.8 Å². The number of pyridine rings is 1. The summed E-state index contributed by atoms with van der Waals surface area (Å²) in [6, 6.07) is 2.64. The first-order valence-corrected chi connectivity index (χ1v) is 12.5. The van der Waals surface area contributed by atoms with Crippen molar-refractivity contribution < 1.29 is 32.5 Å². The molecule has 5 rings (SSSR count). The SMILES string of the molecule is O=C(N[C@H](CO)C(F)(F)F)c1cc(N2CCC(c3n[nH]c4ncccc34)CC2)nc(OC[C@H]2CCCO2)n1. The summed E-state index contributed by atoms with van der Waals surface area (Å²) in [6.07, 6.45) is -0.0581. The monoisotopic (exact) mass is 535 g/mol. The van der Waals surface area contributed by atoms with Crippen LogP contribution in [0.4, 0.5) is 19.0 Å². The fourth-order valence-electron chi connectivity index (χ4n) is 4.73. The van der Waals surface area contributed by atoms with Gasteiger partial charge in [0.15, 0.2) is 5.65 Å². The predicted octanol–water partition coefficient (Wildman–Crippen LogP) is 2.34. The predicted molar refractivity (Wildman–Crippen MR) is 129 cm³/mol. The van der Waals surface area contributed by atoms with E-state index in [9.17, 15) is 18.0 Å². The molecule has 2 saturated heterocycles. The molecule has 14 heteroatoms. The van der Waals surface area contributed by atoms with Crippen molar-refractivity contribution in [2.24, 2.45) is 0 Å². The summed E-state index contributed by atoms with van der Waals surface area (Å²) in [5.74, 6) is -0.537.